The average Bonchev–Trinajstić information content (AvgIpc) is 2.05. The van der Waals surface area contributed by atoms with Crippen LogP contribution >= 0.6 is 0 Å². The molecule has 0 saturated carbocycles. The third-order valence-corrected chi connectivity index (χ3v) is 1.68. The highest BCUT2D eigenvalue weighted by Gasteiger charge is 2.26. The number of hydrogen-bond donors (Lipinski definition) is 1. The van der Waals surface area contributed by atoms with E-state index in [0.29, 0.717) is 6.42 Å². The Morgan fingerprint density at radius 1 is 1.55 bits per heavy atom. The lowest BCUT2D eigenvalue weighted by Crippen LogP contribution is -2.30. The quantitative estimate of drug-likeness (QED) is 0.601. The molecule has 0 aromatic heterocycles. The van der Waals surface area contributed by atoms with Gasteiger partial charge in [0.2, 0.25) is 0 Å². The van der Waals surface area contributed by atoms with Gasteiger partial charge in [0.1, 0.15) is 5.76 Å². The molecule has 1 atom stereocenters. The first kappa shape index (κ1) is 8.30. The highest BCUT2D eigenvalue weighted by Crippen LogP contribution is 2.23. The Kier molecular flexibility index (Phi) is 2.31. The van der Waals surface area contributed by atoms with Gasteiger partial charge in [0.25, 0.3) is 0 Å². The topological polar surface area (TPSA) is 38.7 Å². The zero-order valence-electron chi connectivity index (χ0n) is 6.70. The molecule has 1 aliphatic carbocycles. The van der Waals surface area contributed by atoms with Crippen LogP contribution in [0.15, 0.2) is 24.0 Å². The molecule has 3 nitrogen and oxygen atoms in total. The van der Waals surface area contributed by atoms with E-state index >= 15 is 0 Å². The van der Waals surface area contributed by atoms with Crippen molar-refractivity contribution in [1.82, 2.24) is 0 Å². The summed E-state index contributed by atoms with van der Waals surface area (Å²) in [6.45, 7) is 0. The van der Waals surface area contributed by atoms with Crippen LogP contribution in [0.1, 0.15) is 6.42 Å². The van der Waals surface area contributed by atoms with E-state index < -0.39 is 5.79 Å². The molecule has 11 heavy (non-hydrogen) atoms. The van der Waals surface area contributed by atoms with Crippen LogP contribution in [0, 0.1) is 0 Å². The molecular weight excluding hydrogens is 144 g/mol. The molecule has 0 aromatic rings. The van der Waals surface area contributed by atoms with Crippen molar-refractivity contribution >= 4 is 0 Å². The van der Waals surface area contributed by atoms with Gasteiger partial charge in [-0.1, -0.05) is 6.08 Å². The standard InChI is InChI=1S/C8H12O3/c1-10-7-4-3-5-8(9,6-7)11-2/h3-5,9H,6H2,1-2H3. The van der Waals surface area contributed by atoms with E-state index in [-0.39, 0.29) is 0 Å². The fraction of sp³-hybridized carbons (Fsp3) is 0.500. The normalized spacial score (nSPS) is 29.9. The molecule has 1 aliphatic rings. The first-order chi connectivity index (χ1) is 5.20. The fourth-order valence-corrected chi connectivity index (χ4v) is 0.954. The lowest BCUT2D eigenvalue weighted by molar-refractivity contribution is -0.150. The fourth-order valence-electron chi connectivity index (χ4n) is 0.954. The van der Waals surface area contributed by atoms with Crippen molar-refractivity contribution in [3.8, 4) is 0 Å². The van der Waals surface area contributed by atoms with E-state index in [9.17, 15) is 5.11 Å². The number of allylic oxidation sites excluding steroid dienone is 2. The van der Waals surface area contributed by atoms with Gasteiger partial charge in [0.05, 0.1) is 13.5 Å². The van der Waals surface area contributed by atoms with Crippen molar-refractivity contribution in [2.75, 3.05) is 14.2 Å². The number of hydrogen-bond acceptors (Lipinski definition) is 3. The van der Waals surface area contributed by atoms with Gasteiger partial charge in [-0.2, -0.15) is 0 Å². The lowest BCUT2D eigenvalue weighted by atomic mass is 10.1. The SMILES string of the molecule is COC1=CC=CC(O)(OC)C1. The Morgan fingerprint density at radius 3 is 2.82 bits per heavy atom. The highest BCUT2D eigenvalue weighted by molar-refractivity contribution is 5.19. The molecular formula is C8H12O3. The number of rotatable bonds is 2. The molecule has 0 bridgehead atoms. The molecule has 0 heterocycles. The Hall–Kier alpha value is -0.800. The van der Waals surface area contributed by atoms with Gasteiger partial charge in [-0.15, -0.1) is 0 Å². The summed E-state index contributed by atoms with van der Waals surface area (Å²) in [5.41, 5.74) is 0. The predicted octanol–water partition coefficient (Wildman–Crippen LogP) is 0.812. The summed E-state index contributed by atoms with van der Waals surface area (Å²) in [5.74, 6) is -0.461. The first-order valence-electron chi connectivity index (χ1n) is 3.40. The molecule has 0 amide bonds. The van der Waals surface area contributed by atoms with Crippen molar-refractivity contribution in [3.05, 3.63) is 24.0 Å². The molecule has 1 unspecified atom stereocenters. The van der Waals surface area contributed by atoms with E-state index in [4.69, 9.17) is 9.47 Å². The van der Waals surface area contributed by atoms with Crippen molar-refractivity contribution in [2.45, 2.75) is 12.2 Å². The minimum atomic E-state index is -1.18. The van der Waals surface area contributed by atoms with Crippen LogP contribution in [-0.2, 0) is 9.47 Å². The maximum atomic E-state index is 9.55. The van der Waals surface area contributed by atoms with Gasteiger partial charge in [0.15, 0.2) is 5.79 Å². The molecule has 0 spiro atoms. The zero-order chi connectivity index (χ0) is 8.32. The van der Waals surface area contributed by atoms with Gasteiger partial charge in [0, 0.05) is 7.11 Å². The maximum Gasteiger partial charge on any atom is 0.192 e. The van der Waals surface area contributed by atoms with E-state index in [2.05, 4.69) is 0 Å². The first-order valence-corrected chi connectivity index (χ1v) is 3.40. The molecule has 62 valence electrons. The summed E-state index contributed by atoms with van der Waals surface area (Å²) in [6, 6.07) is 0. The van der Waals surface area contributed by atoms with Gasteiger partial charge in [-0.3, -0.25) is 0 Å². The Morgan fingerprint density at radius 2 is 2.27 bits per heavy atom. The van der Waals surface area contributed by atoms with Crippen LogP contribution in [0.4, 0.5) is 0 Å². The molecule has 0 aliphatic heterocycles. The maximum absolute atomic E-state index is 9.55. The van der Waals surface area contributed by atoms with E-state index in [1.807, 2.05) is 0 Å². The van der Waals surface area contributed by atoms with Crippen LogP contribution in [0.2, 0.25) is 0 Å². The van der Waals surface area contributed by atoms with E-state index in [0.717, 1.165) is 5.76 Å². The van der Waals surface area contributed by atoms with Crippen molar-refractivity contribution < 1.29 is 14.6 Å². The number of ether oxygens (including phenoxy) is 2. The summed E-state index contributed by atoms with van der Waals surface area (Å²) in [6.07, 6.45) is 5.48. The zero-order valence-corrected chi connectivity index (χ0v) is 6.70. The van der Waals surface area contributed by atoms with Crippen LogP contribution in [0.5, 0.6) is 0 Å². The van der Waals surface area contributed by atoms with Crippen LogP contribution in [0.3, 0.4) is 0 Å². The van der Waals surface area contributed by atoms with E-state index in [1.54, 1.807) is 25.3 Å². The second kappa shape index (κ2) is 3.07. The number of methoxy groups -OCH3 is 2. The predicted molar refractivity (Wildman–Crippen MR) is 40.8 cm³/mol. The van der Waals surface area contributed by atoms with Crippen molar-refractivity contribution in [2.24, 2.45) is 0 Å². The van der Waals surface area contributed by atoms with Crippen molar-refractivity contribution in [1.29, 1.82) is 0 Å². The third-order valence-electron chi connectivity index (χ3n) is 1.68. The molecule has 0 fully saturated rings. The van der Waals surface area contributed by atoms with Crippen LogP contribution in [0.25, 0.3) is 0 Å². The summed E-state index contributed by atoms with van der Waals surface area (Å²) >= 11 is 0. The summed E-state index contributed by atoms with van der Waals surface area (Å²) in [7, 11) is 3.03. The largest absolute Gasteiger partial charge is 0.501 e. The Labute approximate surface area is 65.9 Å². The van der Waals surface area contributed by atoms with Crippen LogP contribution in [-0.4, -0.2) is 25.1 Å². The minimum absolute atomic E-state index is 0.372. The lowest BCUT2D eigenvalue weighted by Gasteiger charge is -2.25. The summed E-state index contributed by atoms with van der Waals surface area (Å²) in [5, 5.41) is 9.55. The average molecular weight is 156 g/mol. The molecule has 3 heteroatoms. The summed E-state index contributed by atoms with van der Waals surface area (Å²) in [4.78, 5) is 0. The van der Waals surface area contributed by atoms with Crippen molar-refractivity contribution in [3.63, 3.8) is 0 Å². The second-order valence-electron chi connectivity index (χ2n) is 2.42. The van der Waals surface area contributed by atoms with Gasteiger partial charge in [-0.25, -0.2) is 0 Å². The highest BCUT2D eigenvalue weighted by atomic mass is 16.6. The van der Waals surface area contributed by atoms with Gasteiger partial charge in [-0.05, 0) is 12.2 Å². The molecule has 0 aromatic carbocycles. The molecule has 0 radical (unpaired) electrons. The van der Waals surface area contributed by atoms with Crippen LogP contribution < -0.4 is 0 Å². The molecule has 1 N–H and O–H groups in total. The number of aliphatic hydroxyl groups is 1. The monoisotopic (exact) mass is 156 g/mol. The summed E-state index contributed by atoms with van der Waals surface area (Å²) < 4.78 is 9.82. The molecule has 1 rings (SSSR count). The Bertz CT molecular complexity index is 196. The smallest absolute Gasteiger partial charge is 0.192 e. The third kappa shape index (κ3) is 1.82. The molecule has 0 saturated heterocycles. The van der Waals surface area contributed by atoms with Gasteiger partial charge >= 0.3 is 0 Å². The Balaban J connectivity index is 2.68. The van der Waals surface area contributed by atoms with Gasteiger partial charge < -0.3 is 14.6 Å². The second-order valence-corrected chi connectivity index (χ2v) is 2.42. The minimum Gasteiger partial charge on any atom is -0.501 e. The van der Waals surface area contributed by atoms with E-state index in [1.165, 1.54) is 7.11 Å².